The van der Waals surface area contributed by atoms with Crippen molar-refractivity contribution in [1.82, 2.24) is 10.5 Å². The first kappa shape index (κ1) is 10.9. The van der Waals surface area contributed by atoms with Gasteiger partial charge in [0.1, 0.15) is 12.0 Å². The summed E-state index contributed by atoms with van der Waals surface area (Å²) in [7, 11) is 0. The van der Waals surface area contributed by atoms with Crippen molar-refractivity contribution in [3.63, 3.8) is 0 Å². The SMILES string of the molecule is O=C(CC1=CCCCC1)NCc1ccon1. The van der Waals surface area contributed by atoms with Crippen LogP contribution in [0.3, 0.4) is 0 Å². The van der Waals surface area contributed by atoms with E-state index < -0.39 is 0 Å². The Bertz CT molecular complexity index is 368. The molecule has 2 rings (SSSR count). The van der Waals surface area contributed by atoms with Crippen LogP contribution in [0, 0.1) is 0 Å². The number of nitrogens with zero attached hydrogens (tertiary/aromatic N) is 1. The van der Waals surface area contributed by atoms with E-state index in [0.717, 1.165) is 18.5 Å². The average molecular weight is 220 g/mol. The van der Waals surface area contributed by atoms with Crippen LogP contribution in [0.25, 0.3) is 0 Å². The molecule has 1 aliphatic rings. The van der Waals surface area contributed by atoms with Crippen molar-refractivity contribution in [3.8, 4) is 0 Å². The van der Waals surface area contributed by atoms with Crippen LogP contribution in [0.2, 0.25) is 0 Å². The molecule has 0 unspecified atom stereocenters. The number of aromatic nitrogens is 1. The maximum absolute atomic E-state index is 11.6. The molecule has 1 aromatic rings. The van der Waals surface area contributed by atoms with Crippen LogP contribution >= 0.6 is 0 Å². The van der Waals surface area contributed by atoms with Gasteiger partial charge in [-0.1, -0.05) is 16.8 Å². The van der Waals surface area contributed by atoms with Crippen molar-refractivity contribution in [2.45, 2.75) is 38.6 Å². The van der Waals surface area contributed by atoms with Gasteiger partial charge in [0.15, 0.2) is 0 Å². The van der Waals surface area contributed by atoms with Gasteiger partial charge in [0.2, 0.25) is 5.91 Å². The Balaban J connectivity index is 1.74. The largest absolute Gasteiger partial charge is 0.364 e. The fourth-order valence-electron chi connectivity index (χ4n) is 1.85. The Morgan fingerprint density at radius 2 is 2.44 bits per heavy atom. The first-order valence-corrected chi connectivity index (χ1v) is 5.68. The molecular formula is C12H16N2O2. The average Bonchev–Trinajstić information content (AvgIpc) is 2.81. The van der Waals surface area contributed by atoms with Crippen LogP contribution in [0.5, 0.6) is 0 Å². The van der Waals surface area contributed by atoms with E-state index >= 15 is 0 Å². The third-order valence-electron chi connectivity index (χ3n) is 2.73. The van der Waals surface area contributed by atoms with Gasteiger partial charge in [0.25, 0.3) is 0 Å². The standard InChI is InChI=1S/C12H16N2O2/c15-12(8-10-4-2-1-3-5-10)13-9-11-6-7-16-14-11/h4,6-7H,1-3,5,8-9H2,(H,13,15). The van der Waals surface area contributed by atoms with Gasteiger partial charge in [-0.25, -0.2) is 0 Å². The number of hydrogen-bond acceptors (Lipinski definition) is 3. The summed E-state index contributed by atoms with van der Waals surface area (Å²) in [6.07, 6.45) is 8.87. The molecule has 0 aliphatic heterocycles. The first-order chi connectivity index (χ1) is 7.84. The Kier molecular flexibility index (Phi) is 3.75. The van der Waals surface area contributed by atoms with Crippen molar-refractivity contribution in [1.29, 1.82) is 0 Å². The maximum Gasteiger partial charge on any atom is 0.224 e. The molecule has 0 saturated carbocycles. The van der Waals surface area contributed by atoms with Gasteiger partial charge in [0.05, 0.1) is 6.54 Å². The molecule has 0 fully saturated rings. The Labute approximate surface area is 94.7 Å². The third kappa shape index (κ3) is 3.22. The second kappa shape index (κ2) is 5.49. The summed E-state index contributed by atoms with van der Waals surface area (Å²) < 4.78 is 4.68. The minimum Gasteiger partial charge on any atom is -0.364 e. The van der Waals surface area contributed by atoms with Crippen LogP contribution in [0.15, 0.2) is 28.5 Å². The molecule has 1 aliphatic carbocycles. The highest BCUT2D eigenvalue weighted by Gasteiger charge is 2.09. The predicted octanol–water partition coefficient (Wildman–Crippen LogP) is 2.18. The molecule has 0 saturated heterocycles. The zero-order valence-electron chi connectivity index (χ0n) is 9.24. The van der Waals surface area contributed by atoms with Crippen molar-refractivity contribution in [2.24, 2.45) is 0 Å². The number of carbonyl (C=O) groups is 1. The fraction of sp³-hybridized carbons (Fsp3) is 0.500. The second-order valence-electron chi connectivity index (χ2n) is 4.05. The van der Waals surface area contributed by atoms with Gasteiger partial charge in [-0.3, -0.25) is 4.79 Å². The van der Waals surface area contributed by atoms with Crippen LogP contribution < -0.4 is 5.32 Å². The maximum atomic E-state index is 11.6. The van der Waals surface area contributed by atoms with Gasteiger partial charge in [-0.15, -0.1) is 0 Å². The number of nitrogens with one attached hydrogen (secondary N) is 1. The lowest BCUT2D eigenvalue weighted by atomic mass is 9.97. The van der Waals surface area contributed by atoms with Crippen LogP contribution in [-0.4, -0.2) is 11.1 Å². The number of amides is 1. The Hall–Kier alpha value is -1.58. The Morgan fingerprint density at radius 3 is 3.12 bits per heavy atom. The molecular weight excluding hydrogens is 204 g/mol. The number of carbonyl (C=O) groups excluding carboxylic acids is 1. The zero-order valence-corrected chi connectivity index (χ0v) is 9.24. The third-order valence-corrected chi connectivity index (χ3v) is 2.73. The lowest BCUT2D eigenvalue weighted by Gasteiger charge is -2.11. The number of allylic oxidation sites excluding steroid dienone is 1. The number of hydrogen-bond donors (Lipinski definition) is 1. The molecule has 1 N–H and O–H groups in total. The van der Waals surface area contributed by atoms with E-state index in [9.17, 15) is 4.79 Å². The lowest BCUT2D eigenvalue weighted by Crippen LogP contribution is -2.23. The van der Waals surface area contributed by atoms with Gasteiger partial charge < -0.3 is 9.84 Å². The summed E-state index contributed by atoms with van der Waals surface area (Å²) in [5, 5.41) is 6.56. The van der Waals surface area contributed by atoms with Crippen LogP contribution in [-0.2, 0) is 11.3 Å². The van der Waals surface area contributed by atoms with E-state index in [1.165, 1.54) is 24.7 Å². The zero-order chi connectivity index (χ0) is 11.2. The predicted molar refractivity (Wildman–Crippen MR) is 59.5 cm³/mol. The van der Waals surface area contributed by atoms with Gasteiger partial charge in [-0.2, -0.15) is 0 Å². The summed E-state index contributed by atoms with van der Waals surface area (Å²) >= 11 is 0. The monoisotopic (exact) mass is 220 g/mol. The molecule has 0 radical (unpaired) electrons. The highest BCUT2D eigenvalue weighted by molar-refractivity contribution is 5.78. The highest BCUT2D eigenvalue weighted by Crippen LogP contribution is 2.19. The van der Waals surface area contributed by atoms with Crippen molar-refractivity contribution in [2.75, 3.05) is 0 Å². The molecule has 0 aromatic carbocycles. The van der Waals surface area contributed by atoms with E-state index in [0.29, 0.717) is 13.0 Å². The minimum absolute atomic E-state index is 0.0659. The molecule has 16 heavy (non-hydrogen) atoms. The van der Waals surface area contributed by atoms with Crippen molar-refractivity contribution in [3.05, 3.63) is 29.7 Å². The first-order valence-electron chi connectivity index (χ1n) is 5.68. The molecule has 86 valence electrons. The summed E-state index contributed by atoms with van der Waals surface area (Å²) in [5.74, 6) is 0.0659. The van der Waals surface area contributed by atoms with E-state index in [2.05, 4.69) is 21.1 Å². The lowest BCUT2D eigenvalue weighted by molar-refractivity contribution is -0.120. The molecule has 1 aromatic heterocycles. The van der Waals surface area contributed by atoms with E-state index in [1.54, 1.807) is 6.07 Å². The van der Waals surface area contributed by atoms with Gasteiger partial charge in [-0.05, 0) is 25.7 Å². The molecule has 4 heteroatoms. The van der Waals surface area contributed by atoms with E-state index in [4.69, 9.17) is 0 Å². The van der Waals surface area contributed by atoms with E-state index in [1.807, 2.05) is 0 Å². The summed E-state index contributed by atoms with van der Waals surface area (Å²) in [6, 6.07) is 1.75. The fourth-order valence-corrected chi connectivity index (χ4v) is 1.85. The minimum atomic E-state index is 0.0659. The molecule has 0 bridgehead atoms. The summed E-state index contributed by atoms with van der Waals surface area (Å²) in [6.45, 7) is 0.447. The van der Waals surface area contributed by atoms with Crippen LogP contribution in [0.4, 0.5) is 0 Å². The molecule has 0 spiro atoms. The van der Waals surface area contributed by atoms with Gasteiger partial charge in [0, 0.05) is 12.5 Å². The smallest absolute Gasteiger partial charge is 0.224 e. The highest BCUT2D eigenvalue weighted by atomic mass is 16.5. The van der Waals surface area contributed by atoms with Crippen molar-refractivity contribution < 1.29 is 9.32 Å². The topological polar surface area (TPSA) is 55.1 Å². The molecule has 0 atom stereocenters. The second-order valence-corrected chi connectivity index (χ2v) is 4.05. The van der Waals surface area contributed by atoms with E-state index in [-0.39, 0.29) is 5.91 Å². The number of rotatable bonds is 4. The Morgan fingerprint density at radius 1 is 1.50 bits per heavy atom. The summed E-state index contributed by atoms with van der Waals surface area (Å²) in [4.78, 5) is 11.6. The normalized spacial score (nSPS) is 15.6. The molecule has 1 heterocycles. The van der Waals surface area contributed by atoms with Crippen LogP contribution in [0.1, 0.15) is 37.8 Å². The summed E-state index contributed by atoms with van der Waals surface area (Å²) in [5.41, 5.74) is 2.02. The van der Waals surface area contributed by atoms with Gasteiger partial charge >= 0.3 is 0 Å². The van der Waals surface area contributed by atoms with Crippen molar-refractivity contribution >= 4 is 5.91 Å². The quantitative estimate of drug-likeness (QED) is 0.791. The molecule has 4 nitrogen and oxygen atoms in total. The molecule has 1 amide bonds.